The molecule has 94 valence electrons. The van der Waals surface area contributed by atoms with E-state index in [9.17, 15) is 4.79 Å². The fourth-order valence-electron chi connectivity index (χ4n) is 1.31. The van der Waals surface area contributed by atoms with E-state index in [-0.39, 0.29) is 0 Å². The number of aliphatic carboxylic acids is 1. The van der Waals surface area contributed by atoms with Gasteiger partial charge in [-0.25, -0.2) is 0 Å². The number of carbonyl (C=O) groups is 1. The summed E-state index contributed by atoms with van der Waals surface area (Å²) >= 11 is 0. The summed E-state index contributed by atoms with van der Waals surface area (Å²) in [5, 5.41) is 14.3. The summed E-state index contributed by atoms with van der Waals surface area (Å²) in [5.41, 5.74) is 0. The second-order valence-electron chi connectivity index (χ2n) is 3.80. The van der Waals surface area contributed by atoms with Crippen LogP contribution in [0.15, 0.2) is 12.3 Å². The highest BCUT2D eigenvalue weighted by Crippen LogP contribution is 2.04. The van der Waals surface area contributed by atoms with E-state index >= 15 is 0 Å². The third-order valence-corrected chi connectivity index (χ3v) is 2.22. The molecule has 0 bridgehead atoms. The van der Waals surface area contributed by atoms with Crippen molar-refractivity contribution in [2.24, 2.45) is 0 Å². The Kier molecular flexibility index (Phi) is 11.3. The summed E-state index contributed by atoms with van der Waals surface area (Å²) in [7, 11) is 0. The zero-order chi connectivity index (χ0) is 12.1. The molecule has 0 spiro atoms. The summed E-state index contributed by atoms with van der Waals surface area (Å²) in [6.45, 7) is 4.07. The number of carboxylic acids is 1. The average Bonchev–Trinajstić information content (AvgIpc) is 2.31. The number of unbranched alkanes of at least 4 members (excludes halogenated alkanes) is 4. The van der Waals surface area contributed by atoms with Gasteiger partial charge in [-0.15, -0.1) is 0 Å². The predicted molar refractivity (Wildman–Crippen MR) is 66.2 cm³/mol. The molecule has 0 aromatic heterocycles. The topological polar surface area (TPSA) is 61.4 Å². The molecule has 1 heterocycles. The lowest BCUT2D eigenvalue weighted by atomic mass is 10.1. The van der Waals surface area contributed by atoms with E-state index in [1.165, 1.54) is 19.3 Å². The maximum Gasteiger partial charge on any atom is 0.303 e. The molecule has 1 aliphatic rings. The first-order chi connectivity index (χ1) is 7.77. The van der Waals surface area contributed by atoms with Gasteiger partial charge >= 0.3 is 5.97 Å². The molecule has 0 fully saturated rings. The van der Waals surface area contributed by atoms with Gasteiger partial charge in [-0.2, -0.15) is 0 Å². The van der Waals surface area contributed by atoms with Crippen LogP contribution in [-0.4, -0.2) is 24.3 Å². The normalized spacial score (nSPS) is 13.6. The molecular weight excluding hydrogens is 204 g/mol. The van der Waals surface area contributed by atoms with Crippen molar-refractivity contribution in [2.45, 2.75) is 45.4 Å². The van der Waals surface area contributed by atoms with Crippen LogP contribution in [0, 0.1) is 0 Å². The molecule has 3 N–H and O–H groups in total. The van der Waals surface area contributed by atoms with Crippen molar-refractivity contribution >= 4 is 5.97 Å². The van der Waals surface area contributed by atoms with Crippen LogP contribution in [0.1, 0.15) is 45.4 Å². The van der Waals surface area contributed by atoms with Crippen LogP contribution in [0.5, 0.6) is 0 Å². The zero-order valence-corrected chi connectivity index (χ0v) is 10.2. The minimum Gasteiger partial charge on any atom is -0.481 e. The molecule has 0 unspecified atom stereocenters. The molecular formula is C12H24N2O2. The van der Waals surface area contributed by atoms with E-state index in [1.807, 2.05) is 12.3 Å². The van der Waals surface area contributed by atoms with E-state index < -0.39 is 5.97 Å². The SMILES string of the molecule is C1=CNCNC1.CCCCCCCC(=O)O. The number of rotatable bonds is 6. The van der Waals surface area contributed by atoms with Crippen molar-refractivity contribution in [3.05, 3.63) is 12.3 Å². The first-order valence-corrected chi connectivity index (χ1v) is 6.08. The molecule has 4 heteroatoms. The summed E-state index contributed by atoms with van der Waals surface area (Å²) in [6, 6.07) is 0. The van der Waals surface area contributed by atoms with Crippen LogP contribution in [0.3, 0.4) is 0 Å². The first-order valence-electron chi connectivity index (χ1n) is 6.08. The van der Waals surface area contributed by atoms with Gasteiger partial charge in [0.1, 0.15) is 0 Å². The van der Waals surface area contributed by atoms with E-state index in [0.29, 0.717) is 6.42 Å². The van der Waals surface area contributed by atoms with Crippen molar-refractivity contribution in [1.29, 1.82) is 0 Å². The van der Waals surface area contributed by atoms with E-state index in [1.54, 1.807) is 0 Å². The van der Waals surface area contributed by atoms with Crippen LogP contribution in [0.2, 0.25) is 0 Å². The molecule has 1 aliphatic heterocycles. The zero-order valence-electron chi connectivity index (χ0n) is 10.2. The van der Waals surface area contributed by atoms with Crippen LogP contribution in [0.4, 0.5) is 0 Å². The Balaban J connectivity index is 0.000000315. The molecule has 0 atom stereocenters. The second-order valence-corrected chi connectivity index (χ2v) is 3.80. The molecule has 0 amide bonds. The van der Waals surface area contributed by atoms with Crippen molar-refractivity contribution in [2.75, 3.05) is 13.2 Å². The summed E-state index contributed by atoms with van der Waals surface area (Å²) in [6.07, 6.45) is 9.88. The van der Waals surface area contributed by atoms with Gasteiger partial charge in [-0.05, 0) is 12.6 Å². The Morgan fingerprint density at radius 3 is 2.44 bits per heavy atom. The number of hydrogen-bond acceptors (Lipinski definition) is 3. The minimum atomic E-state index is -0.670. The molecule has 0 radical (unpaired) electrons. The molecule has 0 saturated heterocycles. The molecule has 0 saturated carbocycles. The van der Waals surface area contributed by atoms with Gasteiger partial charge in [0.05, 0.1) is 6.67 Å². The lowest BCUT2D eigenvalue weighted by molar-refractivity contribution is -0.137. The Morgan fingerprint density at radius 2 is 2.06 bits per heavy atom. The molecule has 0 aliphatic carbocycles. The van der Waals surface area contributed by atoms with Crippen LogP contribution in [0.25, 0.3) is 0 Å². The van der Waals surface area contributed by atoms with Gasteiger partial charge in [0.25, 0.3) is 0 Å². The van der Waals surface area contributed by atoms with Crippen molar-refractivity contribution < 1.29 is 9.90 Å². The highest BCUT2D eigenvalue weighted by molar-refractivity contribution is 5.66. The van der Waals surface area contributed by atoms with Gasteiger partial charge in [-0.1, -0.05) is 38.7 Å². The Labute approximate surface area is 98.1 Å². The third-order valence-electron chi connectivity index (χ3n) is 2.22. The van der Waals surface area contributed by atoms with Crippen LogP contribution in [-0.2, 0) is 4.79 Å². The second kappa shape index (κ2) is 12.0. The van der Waals surface area contributed by atoms with Gasteiger partial charge < -0.3 is 10.4 Å². The van der Waals surface area contributed by atoms with Crippen molar-refractivity contribution in [3.8, 4) is 0 Å². The molecule has 4 nitrogen and oxygen atoms in total. The lowest BCUT2D eigenvalue weighted by Gasteiger charge is -2.05. The number of nitrogens with one attached hydrogen (secondary N) is 2. The van der Waals surface area contributed by atoms with Gasteiger partial charge in [0.15, 0.2) is 0 Å². The third kappa shape index (κ3) is 13.0. The highest BCUT2D eigenvalue weighted by Gasteiger charge is 1.94. The monoisotopic (exact) mass is 228 g/mol. The quantitative estimate of drug-likeness (QED) is 0.609. The van der Waals surface area contributed by atoms with Crippen LogP contribution < -0.4 is 10.6 Å². The molecule has 0 aromatic rings. The first kappa shape index (κ1) is 15.0. The Hall–Kier alpha value is -1.03. The van der Waals surface area contributed by atoms with E-state index in [2.05, 4.69) is 17.6 Å². The standard InChI is InChI=1S/C8H16O2.C4H8N2/c1-2-3-4-5-6-7-8(9)10;1-2-5-4-6-3-1/h2-7H2,1H3,(H,9,10);1-2,5-6H,3-4H2. The summed E-state index contributed by atoms with van der Waals surface area (Å²) in [5.74, 6) is -0.670. The fourth-order valence-corrected chi connectivity index (χ4v) is 1.31. The summed E-state index contributed by atoms with van der Waals surface area (Å²) < 4.78 is 0. The maximum absolute atomic E-state index is 10.0. The van der Waals surface area contributed by atoms with Gasteiger partial charge in [0.2, 0.25) is 0 Å². The minimum absolute atomic E-state index is 0.337. The number of hydrogen-bond donors (Lipinski definition) is 3. The largest absolute Gasteiger partial charge is 0.481 e. The fraction of sp³-hybridized carbons (Fsp3) is 0.750. The van der Waals surface area contributed by atoms with Crippen LogP contribution >= 0.6 is 0 Å². The molecule has 1 rings (SSSR count). The van der Waals surface area contributed by atoms with E-state index in [0.717, 1.165) is 26.1 Å². The van der Waals surface area contributed by atoms with E-state index in [4.69, 9.17) is 5.11 Å². The molecule has 16 heavy (non-hydrogen) atoms. The predicted octanol–water partition coefficient (Wildman–Crippen LogP) is 2.08. The van der Waals surface area contributed by atoms with Crippen molar-refractivity contribution in [1.82, 2.24) is 10.6 Å². The Morgan fingerprint density at radius 1 is 1.31 bits per heavy atom. The highest BCUT2D eigenvalue weighted by atomic mass is 16.4. The summed E-state index contributed by atoms with van der Waals surface area (Å²) in [4.78, 5) is 10.0. The maximum atomic E-state index is 10.0. The average molecular weight is 228 g/mol. The smallest absolute Gasteiger partial charge is 0.303 e. The number of carboxylic acid groups (broad SMARTS) is 1. The Bertz CT molecular complexity index is 185. The van der Waals surface area contributed by atoms with Gasteiger partial charge in [0, 0.05) is 13.0 Å². The lowest BCUT2D eigenvalue weighted by Crippen LogP contribution is -2.29. The van der Waals surface area contributed by atoms with Crippen molar-refractivity contribution in [3.63, 3.8) is 0 Å². The van der Waals surface area contributed by atoms with Gasteiger partial charge in [-0.3, -0.25) is 10.1 Å². The molecule has 0 aromatic carbocycles.